The van der Waals surface area contributed by atoms with Crippen LogP contribution in [0.4, 0.5) is 0 Å². The van der Waals surface area contributed by atoms with E-state index in [1.54, 1.807) is 18.8 Å². The smallest absolute Gasteiger partial charge is 0.290 e. The molecule has 0 aromatic carbocycles. The maximum absolute atomic E-state index is 13.2. The number of hydrogen-bond acceptors (Lipinski definition) is 7. The number of carbonyl (C=O) groups is 3. The first kappa shape index (κ1) is 25.3. The third-order valence-corrected chi connectivity index (χ3v) is 5.26. The number of likely N-dealkylation sites (tertiary alicyclic amines) is 1. The van der Waals surface area contributed by atoms with Crippen LogP contribution in [-0.2, 0) is 33.0 Å². The summed E-state index contributed by atoms with van der Waals surface area (Å²) in [7, 11) is 0. The van der Waals surface area contributed by atoms with E-state index in [1.165, 1.54) is 5.56 Å². The van der Waals surface area contributed by atoms with Crippen molar-refractivity contribution < 1.29 is 29.0 Å². The first-order chi connectivity index (χ1) is 16.1. The molecule has 1 aliphatic heterocycles. The average molecular weight is 457 g/mol. The lowest BCUT2D eigenvalue weighted by Gasteiger charge is -2.41. The molecular formula is C22H27N5O6. The van der Waals surface area contributed by atoms with Crippen LogP contribution in [0, 0.1) is 0 Å². The average Bonchev–Trinajstić information content (AvgIpc) is 3.55. The van der Waals surface area contributed by atoms with Gasteiger partial charge in [0.2, 0.25) is 5.91 Å². The van der Waals surface area contributed by atoms with Crippen molar-refractivity contribution in [3.63, 3.8) is 0 Å². The molecular weight excluding hydrogens is 430 g/mol. The molecule has 0 aliphatic carbocycles. The van der Waals surface area contributed by atoms with Gasteiger partial charge in [-0.25, -0.2) is 4.98 Å². The minimum Gasteiger partial charge on any atom is -0.483 e. The Hall–Kier alpha value is -3.99. The van der Waals surface area contributed by atoms with Crippen molar-refractivity contribution in [2.24, 2.45) is 0 Å². The molecule has 3 aromatic heterocycles. The molecule has 4 rings (SSSR count). The molecule has 0 atom stereocenters. The molecule has 0 saturated carbocycles. The van der Waals surface area contributed by atoms with E-state index in [2.05, 4.69) is 20.2 Å². The van der Waals surface area contributed by atoms with Crippen molar-refractivity contribution in [1.82, 2.24) is 24.8 Å². The standard InChI is InChI=1S/C20H23N5O2.2CH2O2/c26-19(23-14-18-2-1-13-27-18)20(25-12-9-22-16-25)5-10-24(11-6-20)15-17-3-7-21-8-4-17;2*2-1-3/h1-4,7-9,12-13,16H,5-6,10-11,14-15H2,(H,23,26);2*1H,(H,2,3). The third-order valence-electron chi connectivity index (χ3n) is 5.26. The van der Waals surface area contributed by atoms with Gasteiger partial charge in [-0.2, -0.15) is 0 Å². The van der Waals surface area contributed by atoms with E-state index in [1.807, 2.05) is 47.4 Å². The molecule has 3 N–H and O–H groups in total. The number of piperidine rings is 1. The first-order valence-electron chi connectivity index (χ1n) is 10.2. The van der Waals surface area contributed by atoms with Gasteiger partial charge in [0, 0.05) is 44.4 Å². The summed E-state index contributed by atoms with van der Waals surface area (Å²) >= 11 is 0. The summed E-state index contributed by atoms with van der Waals surface area (Å²) in [5, 5.41) is 16.8. The fraction of sp³-hybridized carbons (Fsp3) is 0.318. The van der Waals surface area contributed by atoms with E-state index in [0.717, 1.165) is 38.2 Å². The molecule has 3 aromatic rings. The molecule has 1 amide bonds. The maximum Gasteiger partial charge on any atom is 0.290 e. The molecule has 1 fully saturated rings. The highest BCUT2D eigenvalue weighted by molar-refractivity contribution is 5.84. The molecule has 4 heterocycles. The number of rotatable bonds is 6. The normalized spacial score (nSPS) is 14.5. The predicted octanol–water partition coefficient (Wildman–Crippen LogP) is 1.58. The summed E-state index contributed by atoms with van der Waals surface area (Å²) in [6.45, 7) is 2.45. The lowest BCUT2D eigenvalue weighted by Crippen LogP contribution is -2.54. The third kappa shape index (κ3) is 7.28. The number of imidazole rings is 1. The number of pyridine rings is 1. The van der Waals surface area contributed by atoms with Crippen LogP contribution < -0.4 is 5.32 Å². The van der Waals surface area contributed by atoms with Crippen LogP contribution >= 0.6 is 0 Å². The number of nitrogens with one attached hydrogen (secondary N) is 1. The summed E-state index contributed by atoms with van der Waals surface area (Å²) in [6.07, 6.45) is 12.1. The Balaban J connectivity index is 0.000000582. The number of carbonyl (C=O) groups excluding carboxylic acids is 1. The van der Waals surface area contributed by atoms with Gasteiger partial charge < -0.3 is 24.5 Å². The Morgan fingerprint density at radius 2 is 1.76 bits per heavy atom. The quantitative estimate of drug-likeness (QED) is 0.469. The Morgan fingerprint density at radius 1 is 1.09 bits per heavy atom. The molecule has 1 aliphatic rings. The van der Waals surface area contributed by atoms with Crippen molar-refractivity contribution in [2.45, 2.75) is 31.5 Å². The van der Waals surface area contributed by atoms with E-state index in [0.29, 0.717) is 6.54 Å². The zero-order valence-corrected chi connectivity index (χ0v) is 18.0. The van der Waals surface area contributed by atoms with Gasteiger partial charge in [0.25, 0.3) is 12.9 Å². The van der Waals surface area contributed by atoms with Gasteiger partial charge in [-0.05, 0) is 42.7 Å². The van der Waals surface area contributed by atoms with Crippen LogP contribution in [0.5, 0.6) is 0 Å². The van der Waals surface area contributed by atoms with Crippen molar-refractivity contribution in [1.29, 1.82) is 0 Å². The Bertz CT molecular complexity index is 933. The van der Waals surface area contributed by atoms with Crippen LogP contribution in [0.25, 0.3) is 0 Å². The van der Waals surface area contributed by atoms with E-state index in [9.17, 15) is 4.79 Å². The first-order valence-corrected chi connectivity index (χ1v) is 10.2. The molecule has 0 radical (unpaired) electrons. The van der Waals surface area contributed by atoms with Crippen molar-refractivity contribution in [2.75, 3.05) is 13.1 Å². The van der Waals surface area contributed by atoms with Gasteiger partial charge in [0.05, 0.1) is 19.1 Å². The van der Waals surface area contributed by atoms with Gasteiger partial charge in [0.1, 0.15) is 11.3 Å². The van der Waals surface area contributed by atoms with Crippen molar-refractivity contribution >= 4 is 18.9 Å². The fourth-order valence-corrected chi connectivity index (χ4v) is 3.69. The lowest BCUT2D eigenvalue weighted by molar-refractivity contribution is -0.133. The summed E-state index contributed by atoms with van der Waals surface area (Å²) in [4.78, 5) is 40.5. The molecule has 1 saturated heterocycles. The molecule has 0 unspecified atom stereocenters. The van der Waals surface area contributed by atoms with E-state index in [-0.39, 0.29) is 18.9 Å². The van der Waals surface area contributed by atoms with E-state index < -0.39 is 5.54 Å². The molecule has 11 nitrogen and oxygen atoms in total. The van der Waals surface area contributed by atoms with Gasteiger partial charge in [-0.1, -0.05) is 0 Å². The predicted molar refractivity (Wildman–Crippen MR) is 117 cm³/mol. The number of amides is 1. The SMILES string of the molecule is O=C(NCc1ccco1)C1(n2ccnc2)CCN(Cc2ccncc2)CC1.O=CO.O=CO. The Morgan fingerprint density at radius 3 is 2.30 bits per heavy atom. The second kappa shape index (κ2) is 13.4. The summed E-state index contributed by atoms with van der Waals surface area (Å²) < 4.78 is 7.28. The highest BCUT2D eigenvalue weighted by Gasteiger charge is 2.42. The molecule has 33 heavy (non-hydrogen) atoms. The van der Waals surface area contributed by atoms with Crippen LogP contribution in [0.3, 0.4) is 0 Å². The van der Waals surface area contributed by atoms with Gasteiger partial charge in [0.15, 0.2) is 0 Å². The zero-order valence-electron chi connectivity index (χ0n) is 18.0. The minimum absolute atomic E-state index is 0.0143. The fourth-order valence-electron chi connectivity index (χ4n) is 3.69. The number of aromatic nitrogens is 3. The van der Waals surface area contributed by atoms with Crippen LogP contribution in [0.2, 0.25) is 0 Å². The van der Waals surface area contributed by atoms with Gasteiger partial charge >= 0.3 is 0 Å². The number of furan rings is 1. The summed E-state index contributed by atoms with van der Waals surface area (Å²) in [5.74, 6) is 0.764. The molecule has 0 bridgehead atoms. The number of nitrogens with zero attached hydrogens (tertiary/aromatic N) is 4. The summed E-state index contributed by atoms with van der Waals surface area (Å²) in [6, 6.07) is 7.76. The topological polar surface area (TPSA) is 151 Å². The van der Waals surface area contributed by atoms with E-state index >= 15 is 0 Å². The maximum atomic E-state index is 13.2. The molecule has 176 valence electrons. The number of hydrogen-bond donors (Lipinski definition) is 3. The molecule has 11 heteroatoms. The Labute approximate surface area is 190 Å². The zero-order chi connectivity index (χ0) is 23.9. The second-order valence-corrected chi connectivity index (χ2v) is 7.11. The Kier molecular flexibility index (Phi) is 10.3. The largest absolute Gasteiger partial charge is 0.483 e. The lowest BCUT2D eigenvalue weighted by atomic mass is 9.85. The summed E-state index contributed by atoms with van der Waals surface area (Å²) in [5.41, 5.74) is 0.625. The monoisotopic (exact) mass is 457 g/mol. The minimum atomic E-state index is -0.613. The van der Waals surface area contributed by atoms with Crippen molar-refractivity contribution in [3.8, 4) is 0 Å². The van der Waals surface area contributed by atoms with Gasteiger partial charge in [-0.15, -0.1) is 0 Å². The highest BCUT2D eigenvalue weighted by Crippen LogP contribution is 2.31. The number of carboxylic acid groups (broad SMARTS) is 2. The highest BCUT2D eigenvalue weighted by atomic mass is 16.3. The van der Waals surface area contributed by atoms with Crippen LogP contribution in [-0.4, -0.2) is 61.6 Å². The van der Waals surface area contributed by atoms with Gasteiger partial charge in [-0.3, -0.25) is 24.3 Å². The van der Waals surface area contributed by atoms with Crippen LogP contribution in [0.1, 0.15) is 24.2 Å². The molecule has 0 spiro atoms. The van der Waals surface area contributed by atoms with E-state index in [4.69, 9.17) is 24.2 Å². The van der Waals surface area contributed by atoms with Crippen LogP contribution in [0.15, 0.2) is 66.1 Å². The van der Waals surface area contributed by atoms with Crippen molar-refractivity contribution in [3.05, 3.63) is 73.0 Å². The second-order valence-electron chi connectivity index (χ2n) is 7.11.